The minimum atomic E-state index is -0.919. The maximum absolute atomic E-state index is 14.3. The lowest BCUT2D eigenvalue weighted by Gasteiger charge is -2.27. The number of hydrogen-bond donors (Lipinski definition) is 0. The van der Waals surface area contributed by atoms with Crippen molar-refractivity contribution in [2.75, 3.05) is 53.9 Å². The summed E-state index contributed by atoms with van der Waals surface area (Å²) >= 11 is 3.28. The molecule has 0 aliphatic carbocycles. The van der Waals surface area contributed by atoms with Gasteiger partial charge in [0.05, 0.1) is 52.9 Å². The molecule has 47 heavy (non-hydrogen) atoms. The van der Waals surface area contributed by atoms with Gasteiger partial charge in [-0.1, -0.05) is 23.5 Å². The van der Waals surface area contributed by atoms with Crippen LogP contribution in [0.1, 0.15) is 44.9 Å². The van der Waals surface area contributed by atoms with E-state index in [4.69, 9.17) is 33.2 Å². The number of para-hydroxylation sites is 1. The number of fused-ring (bicyclic) bond motifs is 1. The van der Waals surface area contributed by atoms with Crippen molar-refractivity contribution >= 4 is 51.9 Å². The molecule has 0 saturated carbocycles. The van der Waals surface area contributed by atoms with Crippen molar-refractivity contribution in [3.05, 3.63) is 76.0 Å². The van der Waals surface area contributed by atoms with E-state index < -0.39 is 18.0 Å². The summed E-state index contributed by atoms with van der Waals surface area (Å²) < 4.78 is 41.3. The average Bonchev–Trinajstić information content (AvgIpc) is 3.34. The zero-order valence-electron chi connectivity index (χ0n) is 27.0. The first-order valence-electron chi connectivity index (χ1n) is 14.9. The summed E-state index contributed by atoms with van der Waals surface area (Å²) in [6.45, 7) is 7.99. The molecule has 12 nitrogen and oxygen atoms in total. The Morgan fingerprint density at radius 3 is 2.43 bits per heavy atom. The van der Waals surface area contributed by atoms with E-state index in [0.717, 1.165) is 0 Å². The van der Waals surface area contributed by atoms with Gasteiger partial charge in [-0.05, 0) is 80.1 Å². The van der Waals surface area contributed by atoms with Crippen LogP contribution in [0.4, 0.5) is 0 Å². The standard InChI is InChI=1S/C33H37IN2O10S/c1-7-42-24-16-20(15-22(34)30(24)46-18-26(37)43-8-2)17-25-31(38)36-28(21-11-10-12-23(41-6)29(21)44-9-3)27(19(4)35-33(36)47-25)32(39)45-14-13-40-5/h10-12,15-17,28H,7-9,13-14,18H2,1-6H3/b25-17+/t28-/m1/s1. The summed E-state index contributed by atoms with van der Waals surface area (Å²) in [4.78, 5) is 44.8. The van der Waals surface area contributed by atoms with Crippen LogP contribution in [0.2, 0.25) is 0 Å². The summed E-state index contributed by atoms with van der Waals surface area (Å²) in [6, 6.07) is 7.96. The number of methoxy groups -OCH3 is 2. The molecule has 14 heteroatoms. The van der Waals surface area contributed by atoms with Gasteiger partial charge in [-0.15, -0.1) is 0 Å². The monoisotopic (exact) mass is 780 g/mol. The summed E-state index contributed by atoms with van der Waals surface area (Å²) in [6.07, 6.45) is 1.73. The van der Waals surface area contributed by atoms with Crippen LogP contribution >= 0.6 is 33.9 Å². The highest BCUT2D eigenvalue weighted by atomic mass is 127. The van der Waals surface area contributed by atoms with E-state index in [2.05, 4.69) is 27.6 Å². The Balaban J connectivity index is 1.89. The number of allylic oxidation sites excluding steroid dienone is 1. The highest BCUT2D eigenvalue weighted by molar-refractivity contribution is 14.1. The molecule has 2 heterocycles. The van der Waals surface area contributed by atoms with Gasteiger partial charge in [0, 0.05) is 12.7 Å². The van der Waals surface area contributed by atoms with Gasteiger partial charge >= 0.3 is 11.9 Å². The van der Waals surface area contributed by atoms with Crippen molar-refractivity contribution in [2.24, 2.45) is 4.99 Å². The topological polar surface area (TPSA) is 133 Å². The Kier molecular flexibility index (Phi) is 12.8. The number of nitrogens with zero attached hydrogens (tertiary/aromatic N) is 2. The van der Waals surface area contributed by atoms with Crippen molar-refractivity contribution in [1.29, 1.82) is 0 Å². The molecule has 0 unspecified atom stereocenters. The molecule has 0 saturated heterocycles. The van der Waals surface area contributed by atoms with E-state index in [1.807, 2.05) is 19.9 Å². The lowest BCUT2D eigenvalue weighted by atomic mass is 9.94. The molecule has 0 radical (unpaired) electrons. The van der Waals surface area contributed by atoms with E-state index in [1.165, 1.54) is 30.1 Å². The zero-order valence-corrected chi connectivity index (χ0v) is 30.0. The molecule has 1 atom stereocenters. The van der Waals surface area contributed by atoms with E-state index in [9.17, 15) is 14.4 Å². The van der Waals surface area contributed by atoms with Gasteiger partial charge in [0.15, 0.2) is 34.4 Å². The molecule has 0 N–H and O–H groups in total. The number of ether oxygens (including phenoxy) is 7. The molecule has 0 bridgehead atoms. The first kappa shape index (κ1) is 36.0. The van der Waals surface area contributed by atoms with Crippen LogP contribution in [0, 0.1) is 3.57 Å². The number of aromatic nitrogens is 1. The molecule has 0 amide bonds. The number of thiazole rings is 1. The van der Waals surface area contributed by atoms with Crippen LogP contribution in [-0.2, 0) is 23.8 Å². The van der Waals surface area contributed by atoms with Crippen molar-refractivity contribution in [3.63, 3.8) is 0 Å². The number of hydrogen-bond acceptors (Lipinski definition) is 12. The van der Waals surface area contributed by atoms with Crippen molar-refractivity contribution in [3.8, 4) is 23.0 Å². The summed E-state index contributed by atoms with van der Waals surface area (Å²) in [5.74, 6) is 0.552. The number of rotatable bonds is 15. The van der Waals surface area contributed by atoms with Gasteiger partial charge in [-0.3, -0.25) is 9.36 Å². The number of halogens is 1. The van der Waals surface area contributed by atoms with Crippen LogP contribution in [0.25, 0.3) is 6.08 Å². The smallest absolute Gasteiger partial charge is 0.344 e. The third kappa shape index (κ3) is 8.16. The van der Waals surface area contributed by atoms with Gasteiger partial charge in [-0.2, -0.15) is 0 Å². The van der Waals surface area contributed by atoms with E-state index in [0.29, 0.717) is 65.9 Å². The largest absolute Gasteiger partial charge is 0.493 e. The van der Waals surface area contributed by atoms with Gasteiger partial charge in [0.2, 0.25) is 0 Å². The Labute approximate surface area is 289 Å². The third-order valence-corrected chi connectivity index (χ3v) is 8.63. The molecule has 4 rings (SSSR count). The second kappa shape index (κ2) is 16.8. The van der Waals surface area contributed by atoms with Crippen LogP contribution in [0.5, 0.6) is 23.0 Å². The normalized spacial score (nSPS) is 14.3. The average molecular weight is 781 g/mol. The minimum absolute atomic E-state index is 0.0278. The second-order valence-corrected chi connectivity index (χ2v) is 12.1. The predicted octanol–water partition coefficient (Wildman–Crippen LogP) is 3.78. The van der Waals surface area contributed by atoms with Crippen LogP contribution in [-0.4, -0.2) is 70.4 Å². The van der Waals surface area contributed by atoms with Gasteiger partial charge in [-0.25, -0.2) is 14.6 Å². The highest BCUT2D eigenvalue weighted by Gasteiger charge is 2.36. The quantitative estimate of drug-likeness (QED) is 0.128. The molecule has 3 aromatic rings. The Hall–Kier alpha value is -3.89. The molecular formula is C33H37IN2O10S. The predicted molar refractivity (Wildman–Crippen MR) is 183 cm³/mol. The number of benzene rings is 2. The highest BCUT2D eigenvalue weighted by Crippen LogP contribution is 2.41. The lowest BCUT2D eigenvalue weighted by Crippen LogP contribution is -2.40. The van der Waals surface area contributed by atoms with E-state index in [1.54, 1.807) is 44.2 Å². The maximum atomic E-state index is 14.3. The van der Waals surface area contributed by atoms with E-state index >= 15 is 0 Å². The number of carbonyl (C=O) groups excluding carboxylic acids is 2. The number of carbonyl (C=O) groups is 2. The zero-order chi connectivity index (χ0) is 34.1. The lowest BCUT2D eigenvalue weighted by molar-refractivity contribution is -0.145. The molecule has 0 fully saturated rings. The van der Waals surface area contributed by atoms with Crippen LogP contribution in [0.15, 0.2) is 51.4 Å². The molecule has 1 aliphatic rings. The fourth-order valence-corrected chi connectivity index (χ4v) is 6.77. The Bertz CT molecular complexity index is 1830. The fraction of sp³-hybridized carbons (Fsp3) is 0.394. The van der Waals surface area contributed by atoms with Gasteiger partial charge in [0.25, 0.3) is 5.56 Å². The first-order valence-corrected chi connectivity index (χ1v) is 16.8. The molecule has 252 valence electrons. The van der Waals surface area contributed by atoms with Gasteiger partial charge < -0.3 is 33.2 Å². The minimum Gasteiger partial charge on any atom is -0.493 e. The fourth-order valence-electron chi connectivity index (χ4n) is 4.94. The van der Waals surface area contributed by atoms with Crippen LogP contribution < -0.4 is 33.8 Å². The van der Waals surface area contributed by atoms with Crippen molar-refractivity contribution in [2.45, 2.75) is 33.7 Å². The molecule has 2 aromatic carbocycles. The van der Waals surface area contributed by atoms with Crippen molar-refractivity contribution < 1.29 is 42.7 Å². The third-order valence-electron chi connectivity index (χ3n) is 6.84. The SMILES string of the molecule is CCOC(=O)COc1c(I)cc(/C=c2/sc3n(c2=O)[C@H](c2cccc(OC)c2OCC)C(C(=O)OCCOC)=C(C)N=3)cc1OCC. The van der Waals surface area contributed by atoms with Crippen LogP contribution in [0.3, 0.4) is 0 Å². The molecule has 1 aliphatic heterocycles. The Morgan fingerprint density at radius 1 is 0.979 bits per heavy atom. The summed E-state index contributed by atoms with van der Waals surface area (Å²) in [5, 5.41) is 0. The maximum Gasteiger partial charge on any atom is 0.344 e. The Morgan fingerprint density at radius 2 is 1.74 bits per heavy atom. The van der Waals surface area contributed by atoms with Gasteiger partial charge in [0.1, 0.15) is 12.6 Å². The molecule has 1 aromatic heterocycles. The summed E-state index contributed by atoms with van der Waals surface area (Å²) in [7, 11) is 3.04. The number of esters is 2. The molecule has 0 spiro atoms. The summed E-state index contributed by atoms with van der Waals surface area (Å²) in [5.41, 5.74) is 1.45. The van der Waals surface area contributed by atoms with Crippen molar-refractivity contribution in [1.82, 2.24) is 4.57 Å². The first-order chi connectivity index (χ1) is 22.7. The van der Waals surface area contributed by atoms with E-state index in [-0.39, 0.29) is 37.6 Å². The molecular weight excluding hydrogens is 743 g/mol. The second-order valence-electron chi connectivity index (χ2n) is 9.88.